The molecule has 0 spiro atoms. The zero-order chi connectivity index (χ0) is 14.5. The molecule has 0 radical (unpaired) electrons. The van der Waals surface area contributed by atoms with Crippen molar-refractivity contribution in [2.24, 2.45) is 0 Å². The van der Waals surface area contributed by atoms with Crippen molar-refractivity contribution in [3.05, 3.63) is 46.4 Å². The van der Waals surface area contributed by atoms with Crippen LogP contribution < -0.4 is 0 Å². The van der Waals surface area contributed by atoms with Gasteiger partial charge in [0.2, 0.25) is 0 Å². The van der Waals surface area contributed by atoms with E-state index in [0.717, 1.165) is 20.8 Å². The molecule has 0 saturated heterocycles. The number of hydrogen-bond acceptors (Lipinski definition) is 2. The third-order valence-corrected chi connectivity index (χ3v) is 3.73. The van der Waals surface area contributed by atoms with Crippen molar-refractivity contribution in [1.82, 2.24) is 0 Å². The summed E-state index contributed by atoms with van der Waals surface area (Å²) in [6.07, 6.45) is -2.91. The number of aliphatic hydroxyl groups excluding tert-OH is 1. The van der Waals surface area contributed by atoms with Crippen molar-refractivity contribution in [1.29, 1.82) is 0 Å². The second-order valence-corrected chi connectivity index (χ2v) is 5.31. The van der Waals surface area contributed by atoms with E-state index in [0.29, 0.717) is 6.42 Å². The van der Waals surface area contributed by atoms with E-state index >= 15 is 0 Å². The van der Waals surface area contributed by atoms with Crippen LogP contribution in [0.3, 0.4) is 0 Å². The monoisotopic (exact) mass is 344 g/mol. The third kappa shape index (κ3) is 3.75. The fraction of sp³-hybridized carbons (Fsp3) is 0.333. The van der Waals surface area contributed by atoms with E-state index in [2.05, 4.69) is 15.9 Å². The van der Waals surface area contributed by atoms with Crippen LogP contribution in [0.2, 0.25) is 0 Å². The van der Waals surface area contributed by atoms with Gasteiger partial charge >= 0.3 is 0 Å². The molecule has 2 rings (SSSR count). The summed E-state index contributed by atoms with van der Waals surface area (Å²) in [7, 11) is 0. The molecule has 0 aliphatic rings. The van der Waals surface area contributed by atoms with Gasteiger partial charge in [0.1, 0.15) is 6.61 Å². The van der Waals surface area contributed by atoms with E-state index in [-0.39, 0.29) is 6.61 Å². The molecule has 108 valence electrons. The van der Waals surface area contributed by atoms with Gasteiger partial charge < -0.3 is 9.84 Å². The summed E-state index contributed by atoms with van der Waals surface area (Å²) >= 11 is 3.47. The Labute approximate surface area is 124 Å². The predicted octanol–water partition coefficient (Wildman–Crippen LogP) is 4.31. The second kappa shape index (κ2) is 7.11. The lowest BCUT2D eigenvalue weighted by molar-refractivity contribution is 0.00495. The Bertz CT molecular complexity index is 575. The zero-order valence-corrected chi connectivity index (χ0v) is 12.3. The number of aliphatic hydroxyl groups is 1. The molecular weight excluding hydrogens is 330 g/mol. The lowest BCUT2D eigenvalue weighted by Crippen LogP contribution is -2.08. The molecular formula is C15H15BrF2O2. The molecule has 0 aromatic heterocycles. The van der Waals surface area contributed by atoms with Gasteiger partial charge in [0.15, 0.2) is 0 Å². The molecule has 0 amide bonds. The van der Waals surface area contributed by atoms with Crippen molar-refractivity contribution < 1.29 is 18.6 Å². The molecule has 0 aliphatic carbocycles. The molecule has 20 heavy (non-hydrogen) atoms. The van der Waals surface area contributed by atoms with Gasteiger partial charge in [0, 0.05) is 17.5 Å². The Morgan fingerprint density at radius 3 is 2.50 bits per heavy atom. The predicted molar refractivity (Wildman–Crippen MR) is 78.0 cm³/mol. The van der Waals surface area contributed by atoms with Crippen LogP contribution in [0.5, 0.6) is 0 Å². The van der Waals surface area contributed by atoms with Crippen LogP contribution in [0.4, 0.5) is 8.78 Å². The fourth-order valence-electron chi connectivity index (χ4n) is 2.10. The van der Waals surface area contributed by atoms with Crippen LogP contribution in [0.1, 0.15) is 18.1 Å². The summed E-state index contributed by atoms with van der Waals surface area (Å²) < 4.78 is 29.6. The average Bonchev–Trinajstić information content (AvgIpc) is 2.44. The minimum absolute atomic E-state index is 0.107. The Morgan fingerprint density at radius 1 is 1.10 bits per heavy atom. The van der Waals surface area contributed by atoms with Gasteiger partial charge in [-0.25, -0.2) is 8.78 Å². The number of halogens is 3. The van der Waals surface area contributed by atoms with Gasteiger partial charge in [-0.05, 0) is 22.4 Å². The maximum atomic E-state index is 11.9. The SMILES string of the molecule is OC(CCOCC(F)F)c1ccc(Br)c2ccccc12. The highest BCUT2D eigenvalue weighted by Crippen LogP contribution is 2.31. The van der Waals surface area contributed by atoms with Crippen molar-refractivity contribution in [3.63, 3.8) is 0 Å². The molecule has 0 aliphatic heterocycles. The molecule has 1 N–H and O–H groups in total. The number of alkyl halides is 2. The fourth-order valence-corrected chi connectivity index (χ4v) is 2.58. The van der Waals surface area contributed by atoms with Gasteiger partial charge in [0.25, 0.3) is 6.43 Å². The van der Waals surface area contributed by atoms with E-state index < -0.39 is 19.1 Å². The number of hydrogen-bond donors (Lipinski definition) is 1. The van der Waals surface area contributed by atoms with Crippen LogP contribution in [-0.4, -0.2) is 24.7 Å². The Kier molecular flexibility index (Phi) is 5.46. The molecule has 0 saturated carbocycles. The second-order valence-electron chi connectivity index (χ2n) is 4.45. The zero-order valence-electron chi connectivity index (χ0n) is 10.7. The van der Waals surface area contributed by atoms with Gasteiger partial charge in [0.05, 0.1) is 6.10 Å². The van der Waals surface area contributed by atoms with Crippen molar-refractivity contribution >= 4 is 26.7 Å². The Hall–Kier alpha value is -1.04. The lowest BCUT2D eigenvalue weighted by Gasteiger charge is -2.14. The van der Waals surface area contributed by atoms with Crippen LogP contribution in [0.15, 0.2) is 40.9 Å². The molecule has 1 atom stereocenters. The first-order chi connectivity index (χ1) is 9.59. The molecule has 2 nitrogen and oxygen atoms in total. The van der Waals surface area contributed by atoms with E-state index in [1.807, 2.05) is 36.4 Å². The van der Waals surface area contributed by atoms with E-state index in [9.17, 15) is 13.9 Å². The minimum atomic E-state index is -2.47. The van der Waals surface area contributed by atoms with Crippen molar-refractivity contribution in [2.45, 2.75) is 19.0 Å². The average molecular weight is 345 g/mol. The van der Waals surface area contributed by atoms with Gasteiger partial charge in [-0.1, -0.05) is 46.3 Å². The first-order valence-electron chi connectivity index (χ1n) is 6.30. The summed E-state index contributed by atoms with van der Waals surface area (Å²) in [6, 6.07) is 11.4. The molecule has 2 aromatic carbocycles. The normalized spacial score (nSPS) is 13.1. The standard InChI is InChI=1S/C15H15BrF2O2/c16-13-6-5-12(10-3-1-2-4-11(10)13)14(19)7-8-20-9-15(17)18/h1-6,14-15,19H,7-9H2. The van der Waals surface area contributed by atoms with Crippen LogP contribution in [0, 0.1) is 0 Å². The van der Waals surface area contributed by atoms with Crippen molar-refractivity contribution in [2.75, 3.05) is 13.2 Å². The molecule has 2 aromatic rings. The molecule has 0 bridgehead atoms. The van der Waals surface area contributed by atoms with Crippen molar-refractivity contribution in [3.8, 4) is 0 Å². The number of benzene rings is 2. The van der Waals surface area contributed by atoms with Gasteiger partial charge in [-0.2, -0.15) is 0 Å². The quantitative estimate of drug-likeness (QED) is 0.791. The van der Waals surface area contributed by atoms with Crippen LogP contribution in [0.25, 0.3) is 10.8 Å². The Balaban J connectivity index is 2.10. The smallest absolute Gasteiger partial charge is 0.261 e. The summed E-state index contributed by atoms with van der Waals surface area (Å²) in [5.74, 6) is 0. The van der Waals surface area contributed by atoms with E-state index in [1.165, 1.54) is 0 Å². The molecule has 1 unspecified atom stereocenters. The van der Waals surface area contributed by atoms with Crippen LogP contribution in [-0.2, 0) is 4.74 Å². The summed E-state index contributed by atoms with van der Waals surface area (Å²) in [5.41, 5.74) is 0.782. The summed E-state index contributed by atoms with van der Waals surface area (Å²) in [6.45, 7) is -0.482. The number of rotatable bonds is 6. The van der Waals surface area contributed by atoms with Crippen LogP contribution >= 0.6 is 15.9 Å². The Morgan fingerprint density at radius 2 is 1.80 bits per heavy atom. The lowest BCUT2D eigenvalue weighted by atomic mass is 9.99. The molecule has 0 heterocycles. The first-order valence-corrected chi connectivity index (χ1v) is 7.10. The third-order valence-electron chi connectivity index (χ3n) is 3.04. The number of ether oxygens (including phenoxy) is 1. The van der Waals surface area contributed by atoms with E-state index in [4.69, 9.17) is 4.74 Å². The van der Waals surface area contributed by atoms with Gasteiger partial charge in [-0.3, -0.25) is 0 Å². The molecule has 0 fully saturated rings. The minimum Gasteiger partial charge on any atom is -0.388 e. The summed E-state index contributed by atoms with van der Waals surface area (Å²) in [4.78, 5) is 0. The maximum Gasteiger partial charge on any atom is 0.261 e. The topological polar surface area (TPSA) is 29.5 Å². The number of fused-ring (bicyclic) bond motifs is 1. The first kappa shape index (κ1) is 15.4. The van der Waals surface area contributed by atoms with E-state index in [1.54, 1.807) is 0 Å². The maximum absolute atomic E-state index is 11.9. The van der Waals surface area contributed by atoms with Gasteiger partial charge in [-0.15, -0.1) is 0 Å². The largest absolute Gasteiger partial charge is 0.388 e. The highest BCUT2D eigenvalue weighted by Gasteiger charge is 2.13. The highest BCUT2D eigenvalue weighted by molar-refractivity contribution is 9.10. The highest BCUT2D eigenvalue weighted by atomic mass is 79.9. The molecule has 5 heteroatoms. The summed E-state index contributed by atoms with van der Waals surface area (Å²) in [5, 5.41) is 12.2.